The fraction of sp³-hybridized carbons (Fsp3) is 0.278. The summed E-state index contributed by atoms with van der Waals surface area (Å²) in [6.07, 6.45) is 9.79. The topological polar surface area (TPSA) is 34.1 Å². The summed E-state index contributed by atoms with van der Waals surface area (Å²) in [4.78, 5) is 0.488. The Hall–Kier alpha value is -1.74. The molecular formula is C18H21O2S-. The predicted octanol–water partition coefficient (Wildman–Crippen LogP) is 4.03. The van der Waals surface area contributed by atoms with E-state index in [9.17, 15) is 8.42 Å². The molecular weight excluding hydrogens is 280 g/mol. The van der Waals surface area contributed by atoms with E-state index in [2.05, 4.69) is 0 Å². The van der Waals surface area contributed by atoms with E-state index < -0.39 is 14.6 Å². The zero-order valence-electron chi connectivity index (χ0n) is 12.7. The first-order valence-corrected chi connectivity index (χ1v) is 8.50. The van der Waals surface area contributed by atoms with Crippen molar-refractivity contribution in [3.05, 3.63) is 77.1 Å². The summed E-state index contributed by atoms with van der Waals surface area (Å²) in [5.41, 5.74) is 1.78. The van der Waals surface area contributed by atoms with E-state index in [0.717, 1.165) is 11.1 Å². The largest absolute Gasteiger partial charge is 0.233 e. The maximum atomic E-state index is 12.9. The van der Waals surface area contributed by atoms with Crippen LogP contribution in [0.5, 0.6) is 0 Å². The van der Waals surface area contributed by atoms with E-state index in [1.54, 1.807) is 20.8 Å². The third-order valence-electron chi connectivity index (χ3n) is 3.43. The molecule has 0 bridgehead atoms. The second-order valence-electron chi connectivity index (χ2n) is 6.07. The zero-order chi connectivity index (χ0) is 15.5. The van der Waals surface area contributed by atoms with Gasteiger partial charge in [-0.3, -0.25) is 0 Å². The van der Waals surface area contributed by atoms with Crippen LogP contribution in [0.25, 0.3) is 0 Å². The molecule has 0 N–H and O–H groups in total. The van der Waals surface area contributed by atoms with Gasteiger partial charge in [0.2, 0.25) is 0 Å². The maximum absolute atomic E-state index is 12.9. The molecule has 0 atom stereocenters. The second kappa shape index (κ2) is 5.94. The highest BCUT2D eigenvalue weighted by Crippen LogP contribution is 2.31. The van der Waals surface area contributed by atoms with Crippen LogP contribution in [0.2, 0.25) is 0 Å². The molecule has 2 rings (SSSR count). The van der Waals surface area contributed by atoms with Crippen molar-refractivity contribution in [1.29, 1.82) is 0 Å². The highest BCUT2D eigenvalue weighted by molar-refractivity contribution is 7.96. The fourth-order valence-corrected chi connectivity index (χ4v) is 3.67. The SMILES string of the molecule is CC(C)(C)S(=O)(=O)/C(Cc1ccccc1)=C1\C=CC=C[CH-]1. The molecule has 1 aromatic rings. The minimum atomic E-state index is -3.37. The van der Waals surface area contributed by atoms with E-state index >= 15 is 0 Å². The van der Waals surface area contributed by atoms with Gasteiger partial charge in [-0.05, 0) is 32.1 Å². The van der Waals surface area contributed by atoms with E-state index in [4.69, 9.17) is 0 Å². The van der Waals surface area contributed by atoms with Crippen LogP contribution in [0.3, 0.4) is 0 Å². The van der Waals surface area contributed by atoms with Crippen molar-refractivity contribution < 1.29 is 8.42 Å². The van der Waals surface area contributed by atoms with Crippen molar-refractivity contribution in [1.82, 2.24) is 0 Å². The lowest BCUT2D eigenvalue weighted by molar-refractivity contribution is 0.565. The number of benzene rings is 1. The first kappa shape index (κ1) is 15.6. The summed E-state index contributed by atoms with van der Waals surface area (Å²) in [6.45, 7) is 5.24. The normalized spacial score (nSPS) is 17.5. The molecule has 112 valence electrons. The molecule has 0 aliphatic heterocycles. The van der Waals surface area contributed by atoms with Gasteiger partial charge in [-0.15, -0.1) is 36.3 Å². The molecule has 0 spiro atoms. The van der Waals surface area contributed by atoms with Crippen LogP contribution in [0, 0.1) is 6.42 Å². The van der Waals surface area contributed by atoms with E-state index in [1.807, 2.05) is 61.1 Å². The quantitative estimate of drug-likeness (QED) is 0.790. The van der Waals surface area contributed by atoms with Crippen LogP contribution >= 0.6 is 0 Å². The first-order valence-electron chi connectivity index (χ1n) is 7.02. The first-order chi connectivity index (χ1) is 9.82. The Labute approximate surface area is 127 Å². The van der Waals surface area contributed by atoms with Crippen LogP contribution in [-0.4, -0.2) is 13.2 Å². The average molecular weight is 301 g/mol. The van der Waals surface area contributed by atoms with Crippen molar-refractivity contribution >= 4 is 9.84 Å². The molecule has 3 heteroatoms. The van der Waals surface area contributed by atoms with Gasteiger partial charge in [-0.2, -0.15) is 0 Å². The molecule has 0 saturated heterocycles. The van der Waals surface area contributed by atoms with Gasteiger partial charge in [0.25, 0.3) is 0 Å². The summed E-state index contributed by atoms with van der Waals surface area (Å²) >= 11 is 0. The van der Waals surface area contributed by atoms with Crippen LogP contribution in [-0.2, 0) is 16.3 Å². The predicted molar refractivity (Wildman–Crippen MR) is 88.4 cm³/mol. The Balaban J connectivity index is 2.52. The minimum absolute atomic E-state index is 0.421. The fourth-order valence-electron chi connectivity index (χ4n) is 2.13. The lowest BCUT2D eigenvalue weighted by atomic mass is 10.0. The number of rotatable bonds is 3. The van der Waals surface area contributed by atoms with Gasteiger partial charge in [-0.25, -0.2) is 8.42 Å². The monoisotopic (exact) mass is 301 g/mol. The van der Waals surface area contributed by atoms with Gasteiger partial charge in [0.15, 0.2) is 0 Å². The molecule has 0 amide bonds. The smallest absolute Gasteiger partial charge is 0.146 e. The molecule has 2 nitrogen and oxygen atoms in total. The van der Waals surface area contributed by atoms with Crippen molar-refractivity contribution in [2.75, 3.05) is 0 Å². The van der Waals surface area contributed by atoms with E-state index in [0.29, 0.717) is 11.3 Å². The van der Waals surface area contributed by atoms with Gasteiger partial charge in [-0.1, -0.05) is 35.9 Å². The van der Waals surface area contributed by atoms with Crippen molar-refractivity contribution in [2.45, 2.75) is 31.9 Å². The Morgan fingerprint density at radius 3 is 2.29 bits per heavy atom. The highest BCUT2D eigenvalue weighted by Gasteiger charge is 2.31. The molecule has 1 aliphatic carbocycles. The van der Waals surface area contributed by atoms with Gasteiger partial charge < -0.3 is 0 Å². The number of sulfone groups is 1. The molecule has 0 saturated carbocycles. The molecule has 0 heterocycles. The van der Waals surface area contributed by atoms with Crippen LogP contribution in [0.4, 0.5) is 0 Å². The van der Waals surface area contributed by atoms with E-state index in [1.165, 1.54) is 0 Å². The standard InChI is InChI=1S/C18H21O2S/c1-18(2,3)21(19,20)17(16-12-8-5-9-13-16)14-15-10-6-4-7-11-15/h4-13H,14H2,1-3H3/q-1. The van der Waals surface area contributed by atoms with Crippen LogP contribution < -0.4 is 0 Å². The van der Waals surface area contributed by atoms with Gasteiger partial charge in [0.1, 0.15) is 9.84 Å². The molecule has 1 aliphatic rings. The third kappa shape index (κ3) is 3.48. The Bertz CT molecular complexity index is 684. The Morgan fingerprint density at radius 2 is 1.76 bits per heavy atom. The minimum Gasteiger partial charge on any atom is -0.233 e. The van der Waals surface area contributed by atoms with Crippen LogP contribution in [0.15, 0.2) is 65.1 Å². The highest BCUT2D eigenvalue weighted by atomic mass is 32.2. The summed E-state index contributed by atoms with van der Waals surface area (Å²) in [7, 11) is -3.37. The lowest BCUT2D eigenvalue weighted by Crippen LogP contribution is -2.30. The molecule has 0 fully saturated rings. The number of allylic oxidation sites excluding steroid dienone is 6. The van der Waals surface area contributed by atoms with Crippen LogP contribution in [0.1, 0.15) is 26.3 Å². The number of hydrogen-bond donors (Lipinski definition) is 0. The molecule has 0 aromatic heterocycles. The van der Waals surface area contributed by atoms with Crippen molar-refractivity contribution in [2.24, 2.45) is 0 Å². The van der Waals surface area contributed by atoms with Gasteiger partial charge >= 0.3 is 0 Å². The molecule has 1 aromatic carbocycles. The zero-order valence-corrected chi connectivity index (χ0v) is 13.5. The summed E-state index contributed by atoms with van der Waals surface area (Å²) in [6, 6.07) is 9.72. The lowest BCUT2D eigenvalue weighted by Gasteiger charge is -2.28. The average Bonchev–Trinajstić information content (AvgIpc) is 2.45. The molecule has 21 heavy (non-hydrogen) atoms. The summed E-state index contributed by atoms with van der Waals surface area (Å²) in [5.74, 6) is 0. The molecule has 0 radical (unpaired) electrons. The molecule has 0 unspecified atom stereocenters. The number of hydrogen-bond acceptors (Lipinski definition) is 2. The summed E-state index contributed by atoms with van der Waals surface area (Å²) in [5, 5.41) is 0. The maximum Gasteiger partial charge on any atom is 0.146 e. The van der Waals surface area contributed by atoms with E-state index in [-0.39, 0.29) is 0 Å². The third-order valence-corrected chi connectivity index (χ3v) is 6.08. The second-order valence-corrected chi connectivity index (χ2v) is 8.79. The van der Waals surface area contributed by atoms with Crippen molar-refractivity contribution in [3.63, 3.8) is 0 Å². The van der Waals surface area contributed by atoms with Gasteiger partial charge in [0.05, 0.1) is 4.75 Å². The van der Waals surface area contributed by atoms with Crippen molar-refractivity contribution in [3.8, 4) is 0 Å². The summed E-state index contributed by atoms with van der Waals surface area (Å²) < 4.78 is 25.0. The Kier molecular flexibility index (Phi) is 4.43. The van der Waals surface area contributed by atoms with Gasteiger partial charge in [0, 0.05) is 0 Å². The Morgan fingerprint density at radius 1 is 1.10 bits per heavy atom.